The normalized spacial score (nSPS) is 10.3. The summed E-state index contributed by atoms with van der Waals surface area (Å²) in [5, 5.41) is 14.6. The van der Waals surface area contributed by atoms with E-state index in [2.05, 4.69) is 5.32 Å². The standard InChI is InChI=1S/C15H12Cl2N2O3/c16-12-6-5-11(13(17)8-12)9-18-15(20)7-10-3-1-2-4-14(10)19(21)22/h1-6,8H,7,9H2,(H,18,20). The van der Waals surface area contributed by atoms with Gasteiger partial charge in [0.25, 0.3) is 5.69 Å². The van der Waals surface area contributed by atoms with E-state index < -0.39 is 4.92 Å². The van der Waals surface area contributed by atoms with Crippen LogP contribution in [0.4, 0.5) is 5.69 Å². The number of benzene rings is 2. The van der Waals surface area contributed by atoms with Crippen LogP contribution < -0.4 is 5.32 Å². The third kappa shape index (κ3) is 4.19. The molecule has 2 aromatic rings. The van der Waals surface area contributed by atoms with Crippen LogP contribution in [0, 0.1) is 10.1 Å². The molecule has 0 aliphatic carbocycles. The van der Waals surface area contributed by atoms with Gasteiger partial charge < -0.3 is 5.32 Å². The number of nitrogens with zero attached hydrogens (tertiary/aromatic N) is 1. The second-order valence-corrected chi connectivity index (χ2v) is 5.42. The van der Waals surface area contributed by atoms with Crippen LogP contribution >= 0.6 is 23.2 Å². The lowest BCUT2D eigenvalue weighted by atomic mass is 10.1. The summed E-state index contributed by atoms with van der Waals surface area (Å²) >= 11 is 11.8. The van der Waals surface area contributed by atoms with Gasteiger partial charge in [-0.3, -0.25) is 14.9 Å². The maximum absolute atomic E-state index is 11.9. The molecule has 7 heteroatoms. The van der Waals surface area contributed by atoms with E-state index in [1.807, 2.05) is 0 Å². The quantitative estimate of drug-likeness (QED) is 0.666. The second kappa shape index (κ2) is 7.24. The van der Waals surface area contributed by atoms with Crippen LogP contribution in [-0.2, 0) is 17.8 Å². The van der Waals surface area contributed by atoms with Crippen LogP contribution in [0.2, 0.25) is 10.0 Å². The first-order valence-electron chi connectivity index (χ1n) is 6.40. The summed E-state index contributed by atoms with van der Waals surface area (Å²) in [4.78, 5) is 22.3. The number of nitro benzene ring substituents is 1. The Hall–Kier alpha value is -2.11. The topological polar surface area (TPSA) is 72.2 Å². The Labute approximate surface area is 137 Å². The summed E-state index contributed by atoms with van der Waals surface area (Å²) in [6, 6.07) is 11.1. The van der Waals surface area contributed by atoms with Crippen LogP contribution in [0.15, 0.2) is 42.5 Å². The number of para-hydroxylation sites is 1. The van der Waals surface area contributed by atoms with E-state index >= 15 is 0 Å². The van der Waals surface area contributed by atoms with Gasteiger partial charge >= 0.3 is 0 Å². The molecule has 0 saturated heterocycles. The molecule has 114 valence electrons. The Morgan fingerprint density at radius 1 is 1.14 bits per heavy atom. The van der Waals surface area contributed by atoms with E-state index in [0.29, 0.717) is 15.6 Å². The minimum atomic E-state index is -0.501. The van der Waals surface area contributed by atoms with E-state index in [9.17, 15) is 14.9 Å². The molecule has 0 radical (unpaired) electrons. The summed E-state index contributed by atoms with van der Waals surface area (Å²) in [5.41, 5.74) is 1.02. The molecule has 0 aromatic heterocycles. The molecular formula is C15H12Cl2N2O3. The lowest BCUT2D eigenvalue weighted by molar-refractivity contribution is -0.385. The Morgan fingerprint density at radius 2 is 1.86 bits per heavy atom. The zero-order valence-electron chi connectivity index (χ0n) is 11.4. The molecule has 0 heterocycles. The lowest BCUT2D eigenvalue weighted by Crippen LogP contribution is -2.25. The molecule has 22 heavy (non-hydrogen) atoms. The van der Waals surface area contributed by atoms with Crippen molar-refractivity contribution in [2.45, 2.75) is 13.0 Å². The fourth-order valence-corrected chi connectivity index (χ4v) is 2.41. The van der Waals surface area contributed by atoms with Crippen molar-refractivity contribution in [2.24, 2.45) is 0 Å². The van der Waals surface area contributed by atoms with Crippen molar-refractivity contribution >= 4 is 34.8 Å². The zero-order chi connectivity index (χ0) is 16.1. The van der Waals surface area contributed by atoms with Gasteiger partial charge in [0.05, 0.1) is 11.3 Å². The van der Waals surface area contributed by atoms with Gasteiger partial charge in [0.1, 0.15) is 0 Å². The molecule has 0 aliphatic rings. The van der Waals surface area contributed by atoms with Crippen LogP contribution in [-0.4, -0.2) is 10.8 Å². The number of carbonyl (C=O) groups excluding carboxylic acids is 1. The summed E-state index contributed by atoms with van der Waals surface area (Å²) in [6.45, 7) is 0.232. The van der Waals surface area contributed by atoms with E-state index in [0.717, 1.165) is 5.56 Å². The molecule has 2 rings (SSSR count). The molecule has 1 N–H and O–H groups in total. The number of nitrogens with one attached hydrogen (secondary N) is 1. The van der Waals surface area contributed by atoms with E-state index in [1.54, 1.807) is 36.4 Å². The first-order valence-corrected chi connectivity index (χ1v) is 7.16. The van der Waals surface area contributed by atoms with E-state index in [-0.39, 0.29) is 24.6 Å². The van der Waals surface area contributed by atoms with Crippen molar-refractivity contribution in [2.75, 3.05) is 0 Å². The number of carbonyl (C=O) groups is 1. The van der Waals surface area contributed by atoms with Gasteiger partial charge in [0, 0.05) is 28.2 Å². The summed E-state index contributed by atoms with van der Waals surface area (Å²) in [6.07, 6.45) is -0.0671. The molecule has 2 aromatic carbocycles. The van der Waals surface area contributed by atoms with Gasteiger partial charge in [-0.05, 0) is 17.7 Å². The molecule has 0 unspecified atom stereocenters. The van der Waals surface area contributed by atoms with Gasteiger partial charge in [0.2, 0.25) is 5.91 Å². The molecule has 0 bridgehead atoms. The zero-order valence-corrected chi connectivity index (χ0v) is 12.9. The van der Waals surface area contributed by atoms with Gasteiger partial charge in [-0.15, -0.1) is 0 Å². The van der Waals surface area contributed by atoms with E-state index in [1.165, 1.54) is 6.07 Å². The molecule has 0 aliphatic heterocycles. The van der Waals surface area contributed by atoms with Gasteiger partial charge in [-0.2, -0.15) is 0 Å². The lowest BCUT2D eigenvalue weighted by Gasteiger charge is -2.08. The highest BCUT2D eigenvalue weighted by Gasteiger charge is 2.15. The predicted molar refractivity (Wildman–Crippen MR) is 85.1 cm³/mol. The van der Waals surface area contributed by atoms with Crippen LogP contribution in [0.1, 0.15) is 11.1 Å². The van der Waals surface area contributed by atoms with Crippen molar-refractivity contribution in [3.8, 4) is 0 Å². The third-order valence-corrected chi connectivity index (χ3v) is 3.62. The van der Waals surface area contributed by atoms with E-state index in [4.69, 9.17) is 23.2 Å². The average Bonchev–Trinajstić information content (AvgIpc) is 2.46. The summed E-state index contributed by atoms with van der Waals surface area (Å²) < 4.78 is 0. The Kier molecular flexibility index (Phi) is 5.35. The monoisotopic (exact) mass is 338 g/mol. The second-order valence-electron chi connectivity index (χ2n) is 4.58. The van der Waals surface area contributed by atoms with Crippen molar-refractivity contribution in [3.63, 3.8) is 0 Å². The Bertz CT molecular complexity index is 720. The summed E-state index contributed by atoms with van der Waals surface area (Å²) in [5.74, 6) is -0.319. The SMILES string of the molecule is O=C(Cc1ccccc1[N+](=O)[O-])NCc1ccc(Cl)cc1Cl. The first kappa shape index (κ1) is 16.3. The molecule has 0 atom stereocenters. The predicted octanol–water partition coefficient (Wildman–Crippen LogP) is 3.76. The molecule has 1 amide bonds. The minimum Gasteiger partial charge on any atom is -0.352 e. The molecular weight excluding hydrogens is 327 g/mol. The minimum absolute atomic E-state index is 0.0671. The van der Waals surface area contributed by atoms with Gasteiger partial charge in [0.15, 0.2) is 0 Å². The number of halogens is 2. The summed E-state index contributed by atoms with van der Waals surface area (Å²) in [7, 11) is 0. The highest BCUT2D eigenvalue weighted by molar-refractivity contribution is 6.35. The molecule has 0 fully saturated rings. The highest BCUT2D eigenvalue weighted by atomic mass is 35.5. The van der Waals surface area contributed by atoms with Gasteiger partial charge in [-0.25, -0.2) is 0 Å². The highest BCUT2D eigenvalue weighted by Crippen LogP contribution is 2.21. The average molecular weight is 339 g/mol. The number of hydrogen-bond acceptors (Lipinski definition) is 3. The molecule has 0 spiro atoms. The van der Waals surface area contributed by atoms with Crippen molar-refractivity contribution in [1.29, 1.82) is 0 Å². The van der Waals surface area contributed by atoms with Crippen LogP contribution in [0.5, 0.6) is 0 Å². The number of rotatable bonds is 5. The molecule has 0 saturated carbocycles. The molecule has 5 nitrogen and oxygen atoms in total. The third-order valence-electron chi connectivity index (χ3n) is 3.03. The largest absolute Gasteiger partial charge is 0.352 e. The smallest absolute Gasteiger partial charge is 0.273 e. The van der Waals surface area contributed by atoms with Crippen LogP contribution in [0.25, 0.3) is 0 Å². The number of amides is 1. The van der Waals surface area contributed by atoms with Crippen molar-refractivity contribution < 1.29 is 9.72 Å². The van der Waals surface area contributed by atoms with Gasteiger partial charge in [-0.1, -0.05) is 47.5 Å². The van der Waals surface area contributed by atoms with Crippen LogP contribution in [0.3, 0.4) is 0 Å². The number of nitro groups is 1. The maximum Gasteiger partial charge on any atom is 0.273 e. The fourth-order valence-electron chi connectivity index (χ4n) is 1.93. The van der Waals surface area contributed by atoms with Crippen molar-refractivity contribution in [1.82, 2.24) is 5.32 Å². The Balaban J connectivity index is 2.00. The fraction of sp³-hybridized carbons (Fsp3) is 0.133. The maximum atomic E-state index is 11.9. The number of hydrogen-bond donors (Lipinski definition) is 1. The first-order chi connectivity index (χ1) is 10.5. The van der Waals surface area contributed by atoms with Crippen molar-refractivity contribution in [3.05, 3.63) is 73.8 Å². The Morgan fingerprint density at radius 3 is 2.55 bits per heavy atom.